The van der Waals surface area contributed by atoms with Crippen LogP contribution in [0.3, 0.4) is 0 Å². The van der Waals surface area contributed by atoms with Gasteiger partial charge in [0.25, 0.3) is 5.91 Å². The molecule has 1 unspecified atom stereocenters. The molecule has 194 valence electrons. The number of benzene rings is 1. The van der Waals surface area contributed by atoms with E-state index in [4.69, 9.17) is 0 Å². The van der Waals surface area contributed by atoms with Gasteiger partial charge in [-0.3, -0.25) is 9.59 Å². The molecular weight excluding hydrogens is 510 g/mol. The van der Waals surface area contributed by atoms with Gasteiger partial charge in [-0.1, -0.05) is 6.92 Å². The molecule has 2 aliphatic rings. The number of hydrogen-bond donors (Lipinski definition) is 2. The Bertz CT molecular complexity index is 1370. The van der Waals surface area contributed by atoms with Crippen LogP contribution in [0.1, 0.15) is 39.7 Å². The molecule has 37 heavy (non-hydrogen) atoms. The molecule has 0 bridgehead atoms. The first-order valence-electron chi connectivity index (χ1n) is 11.8. The third-order valence-corrected chi connectivity index (χ3v) is 7.75. The van der Waals surface area contributed by atoms with Crippen LogP contribution < -0.4 is 10.6 Å². The van der Waals surface area contributed by atoms with Crippen LogP contribution in [0.25, 0.3) is 10.7 Å². The third-order valence-electron chi connectivity index (χ3n) is 6.52. The summed E-state index contributed by atoms with van der Waals surface area (Å²) in [4.78, 5) is 36.0. The van der Waals surface area contributed by atoms with Gasteiger partial charge in [0.05, 0.1) is 17.0 Å². The SMILES string of the molecule is CC(CC(=O)N1CCc2sc(-c3ncc(F)c(Nc4ccc5c(c4)CCNC5=O)n3)cc2C1)C(F)(F)F. The molecule has 2 aliphatic heterocycles. The number of halogens is 4. The van der Waals surface area contributed by atoms with E-state index in [2.05, 4.69) is 20.6 Å². The van der Waals surface area contributed by atoms with Crippen molar-refractivity contribution < 1.29 is 27.2 Å². The minimum absolute atomic E-state index is 0.0190. The lowest BCUT2D eigenvalue weighted by Gasteiger charge is -2.28. The maximum atomic E-state index is 14.6. The highest BCUT2D eigenvalue weighted by molar-refractivity contribution is 7.15. The fourth-order valence-corrected chi connectivity index (χ4v) is 5.48. The number of rotatable bonds is 5. The zero-order chi connectivity index (χ0) is 26.3. The molecule has 5 rings (SSSR count). The standard InChI is InChI=1S/C25H23F4N5O2S/c1-13(25(27,28)29)8-21(35)34-7-5-19-15(12-34)10-20(37-19)23-31-11-18(26)22(33-23)32-16-2-3-17-14(9-16)4-6-30-24(17)36/h2-3,9-11,13H,4-8,12H2,1H3,(H,30,36)(H,31,32,33). The molecule has 4 heterocycles. The summed E-state index contributed by atoms with van der Waals surface area (Å²) < 4.78 is 53.1. The van der Waals surface area contributed by atoms with Crippen LogP contribution in [-0.2, 0) is 24.2 Å². The monoisotopic (exact) mass is 533 g/mol. The average Bonchev–Trinajstić information content (AvgIpc) is 3.28. The van der Waals surface area contributed by atoms with Crippen molar-refractivity contribution in [3.05, 3.63) is 57.8 Å². The molecule has 7 nitrogen and oxygen atoms in total. The van der Waals surface area contributed by atoms with Crippen molar-refractivity contribution in [2.75, 3.05) is 18.4 Å². The first-order valence-corrected chi connectivity index (χ1v) is 12.6. The lowest BCUT2D eigenvalue weighted by Crippen LogP contribution is -2.37. The Hall–Kier alpha value is -3.54. The lowest BCUT2D eigenvalue weighted by molar-refractivity contribution is -0.176. The van der Waals surface area contributed by atoms with E-state index in [9.17, 15) is 27.2 Å². The Morgan fingerprint density at radius 2 is 2.05 bits per heavy atom. The van der Waals surface area contributed by atoms with Crippen LogP contribution in [0.4, 0.5) is 29.1 Å². The molecule has 0 radical (unpaired) electrons. The van der Waals surface area contributed by atoms with Crippen molar-refractivity contribution in [3.8, 4) is 10.7 Å². The van der Waals surface area contributed by atoms with Gasteiger partial charge < -0.3 is 15.5 Å². The topological polar surface area (TPSA) is 87.2 Å². The number of nitrogens with zero attached hydrogens (tertiary/aromatic N) is 3. The first kappa shape index (κ1) is 25.1. The first-order chi connectivity index (χ1) is 17.6. The number of carbonyl (C=O) groups is 2. The van der Waals surface area contributed by atoms with E-state index in [0.29, 0.717) is 47.9 Å². The summed E-state index contributed by atoms with van der Waals surface area (Å²) in [5, 5.41) is 5.74. The molecule has 12 heteroatoms. The predicted molar refractivity (Wildman–Crippen MR) is 130 cm³/mol. The highest BCUT2D eigenvalue weighted by Gasteiger charge is 2.38. The summed E-state index contributed by atoms with van der Waals surface area (Å²) in [6.45, 7) is 2.09. The quantitative estimate of drug-likeness (QED) is 0.458. The van der Waals surface area contributed by atoms with Crippen molar-refractivity contribution in [3.63, 3.8) is 0 Å². The Morgan fingerprint density at radius 3 is 2.84 bits per heavy atom. The van der Waals surface area contributed by atoms with Gasteiger partial charge >= 0.3 is 6.18 Å². The van der Waals surface area contributed by atoms with Gasteiger partial charge in [-0.2, -0.15) is 13.2 Å². The lowest BCUT2D eigenvalue weighted by atomic mass is 10.00. The van der Waals surface area contributed by atoms with Crippen molar-refractivity contribution in [1.29, 1.82) is 0 Å². The zero-order valence-electron chi connectivity index (χ0n) is 19.8. The molecule has 0 aliphatic carbocycles. The number of carbonyl (C=O) groups excluding carboxylic acids is 2. The minimum atomic E-state index is -4.41. The van der Waals surface area contributed by atoms with Crippen LogP contribution >= 0.6 is 11.3 Å². The Morgan fingerprint density at radius 1 is 1.24 bits per heavy atom. The van der Waals surface area contributed by atoms with Gasteiger partial charge in [-0.15, -0.1) is 11.3 Å². The summed E-state index contributed by atoms with van der Waals surface area (Å²) in [5.41, 5.74) is 2.86. The number of alkyl halides is 3. The van der Waals surface area contributed by atoms with Crippen molar-refractivity contribution >= 4 is 34.7 Å². The molecule has 2 amide bonds. The van der Waals surface area contributed by atoms with Crippen molar-refractivity contribution in [2.45, 2.75) is 38.9 Å². The Balaban J connectivity index is 1.32. The molecule has 2 N–H and O–H groups in total. The molecule has 1 aromatic carbocycles. The maximum Gasteiger partial charge on any atom is 0.392 e. The average molecular weight is 534 g/mol. The third kappa shape index (κ3) is 5.29. The summed E-state index contributed by atoms with van der Waals surface area (Å²) in [5.74, 6) is -2.74. The van der Waals surface area contributed by atoms with E-state index in [0.717, 1.165) is 29.1 Å². The Labute approximate surface area is 213 Å². The molecular formula is C25H23F4N5O2S. The normalized spacial score (nSPS) is 16.0. The van der Waals surface area contributed by atoms with Gasteiger partial charge in [0.1, 0.15) is 0 Å². The molecule has 3 aromatic rings. The predicted octanol–water partition coefficient (Wildman–Crippen LogP) is 4.85. The summed E-state index contributed by atoms with van der Waals surface area (Å²) in [7, 11) is 0. The van der Waals surface area contributed by atoms with E-state index in [1.807, 2.05) is 0 Å². The van der Waals surface area contributed by atoms with Gasteiger partial charge in [0, 0.05) is 42.2 Å². The number of nitrogens with one attached hydrogen (secondary N) is 2. The maximum absolute atomic E-state index is 14.6. The number of amides is 2. The highest BCUT2D eigenvalue weighted by Crippen LogP contribution is 2.35. The minimum Gasteiger partial charge on any atom is -0.352 e. The zero-order valence-corrected chi connectivity index (χ0v) is 20.6. The van der Waals surface area contributed by atoms with Gasteiger partial charge in [-0.05, 0) is 48.2 Å². The summed E-state index contributed by atoms with van der Waals surface area (Å²) in [6, 6.07) is 6.97. The smallest absolute Gasteiger partial charge is 0.352 e. The Kier molecular flexibility index (Phi) is 6.61. The number of fused-ring (bicyclic) bond motifs is 2. The largest absolute Gasteiger partial charge is 0.392 e. The van der Waals surface area contributed by atoms with Crippen LogP contribution in [-0.4, -0.2) is 45.9 Å². The van der Waals surface area contributed by atoms with Crippen molar-refractivity contribution in [2.24, 2.45) is 5.92 Å². The number of thiophene rings is 1. The fraction of sp³-hybridized carbons (Fsp3) is 0.360. The van der Waals surface area contributed by atoms with E-state index < -0.39 is 30.2 Å². The van der Waals surface area contributed by atoms with E-state index >= 15 is 0 Å². The van der Waals surface area contributed by atoms with Gasteiger partial charge in [0.15, 0.2) is 17.5 Å². The van der Waals surface area contributed by atoms with E-state index in [1.54, 1.807) is 24.3 Å². The molecule has 0 spiro atoms. The number of anilines is 2. The molecule has 2 aromatic heterocycles. The highest BCUT2D eigenvalue weighted by atomic mass is 32.1. The second-order valence-electron chi connectivity index (χ2n) is 9.16. The molecule has 1 atom stereocenters. The van der Waals surface area contributed by atoms with Crippen LogP contribution in [0.5, 0.6) is 0 Å². The summed E-state index contributed by atoms with van der Waals surface area (Å²) in [6.07, 6.45) is -2.74. The van der Waals surface area contributed by atoms with E-state index in [-0.39, 0.29) is 18.3 Å². The second kappa shape index (κ2) is 9.73. The van der Waals surface area contributed by atoms with Crippen LogP contribution in [0, 0.1) is 11.7 Å². The number of hydrogen-bond acceptors (Lipinski definition) is 6. The van der Waals surface area contributed by atoms with E-state index in [1.165, 1.54) is 16.2 Å². The molecule has 0 saturated heterocycles. The second-order valence-corrected chi connectivity index (χ2v) is 10.3. The molecule has 0 fully saturated rings. The molecule has 0 saturated carbocycles. The number of aromatic nitrogens is 2. The summed E-state index contributed by atoms with van der Waals surface area (Å²) >= 11 is 1.42. The fourth-order valence-electron chi connectivity index (χ4n) is 4.38. The van der Waals surface area contributed by atoms with Crippen molar-refractivity contribution in [1.82, 2.24) is 20.2 Å². The van der Waals surface area contributed by atoms with Crippen LogP contribution in [0.15, 0.2) is 30.5 Å². The van der Waals surface area contributed by atoms with Gasteiger partial charge in [0.2, 0.25) is 5.91 Å². The van der Waals surface area contributed by atoms with Crippen LogP contribution in [0.2, 0.25) is 0 Å². The van der Waals surface area contributed by atoms with Gasteiger partial charge in [-0.25, -0.2) is 14.4 Å².